The maximum Gasteiger partial charge on any atom is 0.457 e. The van der Waals surface area contributed by atoms with Gasteiger partial charge in [0.15, 0.2) is 0 Å². The molecule has 6 aliphatic rings. The number of carbonyl (C=O) groups excluding carboxylic acids is 1. The molecule has 0 spiro atoms. The number of carboxylic acids is 1. The highest BCUT2D eigenvalue weighted by Gasteiger charge is 2.67. The van der Waals surface area contributed by atoms with Gasteiger partial charge in [-0.15, -0.1) is 24.8 Å². The number of hydrogen-bond donors (Lipinski definition) is 3. The number of piperidine rings is 1. The van der Waals surface area contributed by atoms with Gasteiger partial charge in [-0.1, -0.05) is 20.3 Å². The van der Waals surface area contributed by atoms with Gasteiger partial charge in [-0.25, -0.2) is 0 Å². The van der Waals surface area contributed by atoms with Crippen LogP contribution in [0.2, 0.25) is 6.32 Å². The molecular weight excluding hydrogens is 480 g/mol. The molecule has 0 aromatic carbocycles. The van der Waals surface area contributed by atoms with E-state index in [0.29, 0.717) is 30.8 Å². The number of aliphatic carboxylic acids is 1. The van der Waals surface area contributed by atoms with Gasteiger partial charge in [0.25, 0.3) is 0 Å². The van der Waals surface area contributed by atoms with Crippen LogP contribution in [0.15, 0.2) is 0 Å². The number of likely N-dealkylation sites (tertiary alicyclic amines) is 1. The maximum absolute atomic E-state index is 12.6. The van der Waals surface area contributed by atoms with E-state index in [2.05, 4.69) is 26.1 Å². The summed E-state index contributed by atoms with van der Waals surface area (Å²) in [6.45, 7) is 9.58. The van der Waals surface area contributed by atoms with Crippen LogP contribution in [0.4, 0.5) is 0 Å². The minimum Gasteiger partial charge on any atom is -0.480 e. The molecule has 3 heterocycles. The largest absolute Gasteiger partial charge is 0.480 e. The number of fused-ring (bicyclic) bond motifs is 2. The molecule has 11 heteroatoms. The Balaban J connectivity index is 0.00000162. The van der Waals surface area contributed by atoms with Crippen molar-refractivity contribution in [2.75, 3.05) is 13.1 Å². The van der Waals surface area contributed by atoms with E-state index in [-0.39, 0.29) is 61.5 Å². The lowest BCUT2D eigenvalue weighted by molar-refractivity contribution is -0.199. The van der Waals surface area contributed by atoms with Crippen LogP contribution >= 0.6 is 24.8 Å². The number of amides is 1. The number of halogens is 2. The Morgan fingerprint density at radius 1 is 1.26 bits per heavy atom. The van der Waals surface area contributed by atoms with Gasteiger partial charge in [-0.3, -0.25) is 14.9 Å². The Hall–Kier alpha value is -0.575. The van der Waals surface area contributed by atoms with E-state index in [4.69, 9.17) is 15.0 Å². The van der Waals surface area contributed by atoms with Crippen molar-refractivity contribution >= 4 is 43.8 Å². The van der Waals surface area contributed by atoms with Gasteiger partial charge >= 0.3 is 13.1 Å². The molecular formula is C23H40BCl2N3O5. The number of nitrogens with zero attached hydrogens (tertiary/aromatic N) is 1. The van der Waals surface area contributed by atoms with Gasteiger partial charge in [0.05, 0.1) is 17.7 Å². The molecule has 3 aliphatic heterocycles. The monoisotopic (exact) mass is 519 g/mol. The molecule has 194 valence electrons. The average molecular weight is 520 g/mol. The van der Waals surface area contributed by atoms with Crippen molar-refractivity contribution in [3.8, 4) is 0 Å². The Labute approximate surface area is 215 Å². The van der Waals surface area contributed by atoms with Gasteiger partial charge in [0.1, 0.15) is 5.54 Å². The molecule has 0 radical (unpaired) electrons. The topological polar surface area (TPSA) is 114 Å². The van der Waals surface area contributed by atoms with Gasteiger partial charge in [-0.2, -0.15) is 0 Å². The fourth-order valence-corrected chi connectivity index (χ4v) is 7.85. The molecule has 8 atom stereocenters. The predicted octanol–water partition coefficient (Wildman–Crippen LogP) is 2.33. The van der Waals surface area contributed by atoms with Crippen molar-refractivity contribution in [1.29, 1.82) is 0 Å². The second kappa shape index (κ2) is 9.38. The molecule has 0 aromatic heterocycles. The van der Waals surface area contributed by atoms with Crippen molar-refractivity contribution in [1.82, 2.24) is 10.2 Å². The lowest BCUT2D eigenvalue weighted by Gasteiger charge is -2.64. The molecule has 4 N–H and O–H groups in total. The number of rotatable bonds is 6. The highest BCUT2D eigenvalue weighted by atomic mass is 35.5. The Kier molecular flexibility index (Phi) is 7.73. The summed E-state index contributed by atoms with van der Waals surface area (Å²) >= 11 is 0. The quantitative estimate of drug-likeness (QED) is 0.461. The normalized spacial score (nSPS) is 42.1. The highest BCUT2D eigenvalue weighted by molar-refractivity contribution is 6.45. The number of hydrogen-bond acceptors (Lipinski definition) is 6. The fourth-order valence-electron chi connectivity index (χ4n) is 7.85. The summed E-state index contributed by atoms with van der Waals surface area (Å²) < 4.78 is 12.9. The van der Waals surface area contributed by atoms with Crippen LogP contribution in [0.5, 0.6) is 0 Å². The molecule has 34 heavy (non-hydrogen) atoms. The maximum atomic E-state index is 12.6. The van der Waals surface area contributed by atoms with Crippen molar-refractivity contribution in [3.05, 3.63) is 0 Å². The number of nitrogens with two attached hydrogens (primary N) is 1. The first-order chi connectivity index (χ1) is 15.0. The summed E-state index contributed by atoms with van der Waals surface area (Å²) in [6.07, 6.45) is 5.16. The summed E-state index contributed by atoms with van der Waals surface area (Å²) in [5.41, 5.74) is 5.01. The minimum absolute atomic E-state index is 0. The summed E-state index contributed by atoms with van der Waals surface area (Å²) in [5, 5.41) is 13.3. The average Bonchev–Trinajstić information content (AvgIpc) is 3.18. The number of carbonyl (C=O) groups is 2. The van der Waals surface area contributed by atoms with Crippen molar-refractivity contribution in [2.24, 2.45) is 28.9 Å². The molecule has 6 fully saturated rings. The first-order valence-corrected chi connectivity index (χ1v) is 12.4. The zero-order valence-corrected chi connectivity index (χ0v) is 22.3. The molecule has 1 amide bonds. The van der Waals surface area contributed by atoms with Gasteiger partial charge in [-0.05, 0) is 63.1 Å². The summed E-state index contributed by atoms with van der Waals surface area (Å²) in [6, 6.07) is -0.703. The predicted molar refractivity (Wildman–Crippen MR) is 134 cm³/mol. The first-order valence-electron chi connectivity index (χ1n) is 12.4. The van der Waals surface area contributed by atoms with Crippen LogP contribution in [0, 0.1) is 23.2 Å². The zero-order chi connectivity index (χ0) is 23.1. The van der Waals surface area contributed by atoms with Gasteiger partial charge < -0.3 is 25.0 Å². The highest BCUT2D eigenvalue weighted by Crippen LogP contribution is 2.65. The summed E-state index contributed by atoms with van der Waals surface area (Å²) in [5.74, 6) is 0.217. The smallest absolute Gasteiger partial charge is 0.457 e. The Morgan fingerprint density at radius 2 is 1.97 bits per heavy atom. The van der Waals surface area contributed by atoms with E-state index in [9.17, 15) is 14.7 Å². The van der Waals surface area contributed by atoms with Crippen LogP contribution in [0.1, 0.15) is 59.8 Å². The van der Waals surface area contributed by atoms with Crippen molar-refractivity contribution in [3.63, 3.8) is 0 Å². The third-order valence-electron chi connectivity index (χ3n) is 9.88. The molecule has 3 aliphatic carbocycles. The molecule has 0 aromatic rings. The fraction of sp³-hybridized carbons (Fsp3) is 0.913. The molecule has 3 saturated carbocycles. The van der Waals surface area contributed by atoms with Crippen molar-refractivity contribution < 1.29 is 24.0 Å². The van der Waals surface area contributed by atoms with Crippen molar-refractivity contribution in [2.45, 2.75) is 95.4 Å². The lowest BCUT2D eigenvalue weighted by Crippen LogP contribution is -2.65. The number of nitrogens with one attached hydrogen (secondary N) is 1. The molecule has 6 rings (SSSR count). The van der Waals surface area contributed by atoms with Crippen LogP contribution in [-0.4, -0.2) is 71.4 Å². The Bertz CT molecular complexity index is 819. The van der Waals surface area contributed by atoms with E-state index >= 15 is 0 Å². The first kappa shape index (κ1) is 28.0. The van der Waals surface area contributed by atoms with E-state index in [1.165, 1.54) is 6.42 Å². The second-order valence-electron chi connectivity index (χ2n) is 11.7. The molecule has 4 bridgehead atoms. The summed E-state index contributed by atoms with van der Waals surface area (Å²) in [4.78, 5) is 26.7. The van der Waals surface area contributed by atoms with E-state index in [0.717, 1.165) is 31.5 Å². The SMILES string of the molecule is C[C@H](N)C(=O)N1CC[C@@]2(C(=O)O)NCC1C2CCCB1O[C@@H]2C[C@@H]3C[C@@H](C3(C)C)[C@]2(C)O1.Cl.Cl. The van der Waals surface area contributed by atoms with Crippen LogP contribution in [0.3, 0.4) is 0 Å². The number of carboxylic acid groups (broad SMARTS) is 1. The van der Waals surface area contributed by atoms with Gasteiger partial charge in [0, 0.05) is 25.0 Å². The third kappa shape index (κ3) is 3.89. The van der Waals surface area contributed by atoms with Crippen LogP contribution < -0.4 is 11.1 Å². The zero-order valence-electron chi connectivity index (χ0n) is 20.6. The molecule has 3 saturated heterocycles. The van der Waals surface area contributed by atoms with E-state index < -0.39 is 17.6 Å². The molecule has 8 nitrogen and oxygen atoms in total. The third-order valence-corrected chi connectivity index (χ3v) is 9.88. The molecule has 2 unspecified atom stereocenters. The van der Waals surface area contributed by atoms with E-state index in [1.54, 1.807) is 6.92 Å². The minimum atomic E-state index is -0.956. The standard InChI is InChI=1S/C23H38BN3O5.2ClH/c1-13(25)19(28)27-9-7-23(20(29)30)15(16(27)12-26-23)6-5-8-24-31-18-11-14-10-17(21(14,2)3)22(18,4)32-24;;/h13-18,26H,5-12,25H2,1-4H3,(H,29,30);2*1H/t13-,14-,15?,16?,17-,18+,22-,23+;;/m0../s1. The van der Waals surface area contributed by atoms with E-state index in [1.807, 2.05) is 4.90 Å². The van der Waals surface area contributed by atoms with Crippen LogP contribution in [0.25, 0.3) is 0 Å². The second-order valence-corrected chi connectivity index (χ2v) is 11.7. The lowest BCUT2D eigenvalue weighted by atomic mass is 9.43. The Morgan fingerprint density at radius 3 is 2.59 bits per heavy atom. The summed E-state index contributed by atoms with van der Waals surface area (Å²) in [7, 11) is -0.225. The van der Waals surface area contributed by atoms with Crippen LogP contribution in [-0.2, 0) is 18.9 Å². The van der Waals surface area contributed by atoms with Gasteiger partial charge in [0.2, 0.25) is 5.91 Å².